The van der Waals surface area contributed by atoms with Gasteiger partial charge in [-0.25, -0.2) is 13.1 Å². The summed E-state index contributed by atoms with van der Waals surface area (Å²) in [6.07, 6.45) is 2.32. The van der Waals surface area contributed by atoms with Gasteiger partial charge in [0.25, 0.3) is 0 Å². The number of aliphatic hydroxyl groups excluding tert-OH is 1. The van der Waals surface area contributed by atoms with Crippen molar-refractivity contribution in [2.45, 2.75) is 49.6 Å². The molecule has 6 heteroatoms. The second kappa shape index (κ2) is 7.46. The van der Waals surface area contributed by atoms with Gasteiger partial charge in [0.05, 0.1) is 11.0 Å². The Morgan fingerprint density at radius 2 is 1.60 bits per heavy atom. The van der Waals surface area contributed by atoms with Crippen molar-refractivity contribution in [3.63, 3.8) is 0 Å². The lowest BCUT2D eigenvalue weighted by atomic mass is 9.94. The van der Waals surface area contributed by atoms with Crippen LogP contribution >= 0.6 is 11.6 Å². The SMILES string of the molecule is Cc1cc(-c2ccc(S(=O)(=O)NC3CCC(O)CC3)cc2)ccc1Cl. The van der Waals surface area contributed by atoms with Gasteiger partial charge in [0.1, 0.15) is 0 Å². The molecule has 2 N–H and O–H groups in total. The van der Waals surface area contributed by atoms with Gasteiger partial charge < -0.3 is 5.11 Å². The zero-order valence-electron chi connectivity index (χ0n) is 14.1. The monoisotopic (exact) mass is 379 g/mol. The molecule has 2 aromatic carbocycles. The highest BCUT2D eigenvalue weighted by molar-refractivity contribution is 7.89. The summed E-state index contributed by atoms with van der Waals surface area (Å²) < 4.78 is 27.8. The lowest BCUT2D eigenvalue weighted by Gasteiger charge is -2.26. The van der Waals surface area contributed by atoms with Crippen LogP contribution in [0.3, 0.4) is 0 Å². The standard InChI is InChI=1S/C19H22ClNO3S/c1-13-12-15(4-11-19(13)20)14-2-9-18(10-3-14)25(23,24)21-16-5-7-17(22)8-6-16/h2-4,9-12,16-17,21-22H,5-8H2,1H3. The topological polar surface area (TPSA) is 66.4 Å². The maximum atomic E-state index is 12.5. The van der Waals surface area contributed by atoms with Crippen molar-refractivity contribution >= 4 is 21.6 Å². The molecule has 2 aromatic rings. The summed E-state index contributed by atoms with van der Waals surface area (Å²) in [5, 5.41) is 10.2. The molecule has 0 aromatic heterocycles. The number of halogens is 1. The third-order valence-corrected chi connectivity index (χ3v) is 6.63. The van der Waals surface area contributed by atoms with E-state index in [0.29, 0.717) is 30.7 Å². The minimum atomic E-state index is -3.54. The first-order chi connectivity index (χ1) is 11.8. The molecular formula is C19H22ClNO3S. The van der Waals surface area contributed by atoms with E-state index in [4.69, 9.17) is 11.6 Å². The molecule has 0 amide bonds. The fourth-order valence-electron chi connectivity index (χ4n) is 3.13. The Labute approximate surface area is 153 Å². The smallest absolute Gasteiger partial charge is 0.240 e. The van der Waals surface area contributed by atoms with Crippen LogP contribution in [0.4, 0.5) is 0 Å². The molecule has 0 unspecified atom stereocenters. The molecule has 0 spiro atoms. The lowest BCUT2D eigenvalue weighted by Crippen LogP contribution is -2.38. The van der Waals surface area contributed by atoms with Crippen molar-refractivity contribution < 1.29 is 13.5 Å². The Morgan fingerprint density at radius 3 is 2.20 bits per heavy atom. The van der Waals surface area contributed by atoms with E-state index < -0.39 is 10.0 Å². The minimum Gasteiger partial charge on any atom is -0.393 e. The molecule has 3 rings (SSSR count). The van der Waals surface area contributed by atoms with Gasteiger partial charge in [-0.3, -0.25) is 0 Å². The second-order valence-electron chi connectivity index (χ2n) is 6.62. The highest BCUT2D eigenvalue weighted by atomic mass is 35.5. The molecule has 1 saturated carbocycles. The lowest BCUT2D eigenvalue weighted by molar-refractivity contribution is 0.120. The summed E-state index contributed by atoms with van der Waals surface area (Å²) in [7, 11) is -3.54. The normalized spacial score (nSPS) is 21.2. The third kappa shape index (κ3) is 4.42. The molecule has 1 fully saturated rings. The van der Waals surface area contributed by atoms with Gasteiger partial charge in [0, 0.05) is 11.1 Å². The maximum absolute atomic E-state index is 12.5. The largest absolute Gasteiger partial charge is 0.393 e. The quantitative estimate of drug-likeness (QED) is 0.846. The van der Waals surface area contributed by atoms with Gasteiger partial charge in [-0.1, -0.05) is 29.8 Å². The molecule has 0 heterocycles. The van der Waals surface area contributed by atoms with E-state index in [-0.39, 0.29) is 17.0 Å². The number of nitrogens with one attached hydrogen (secondary N) is 1. The van der Waals surface area contributed by atoms with Crippen LogP contribution in [0.2, 0.25) is 5.02 Å². The van der Waals surface area contributed by atoms with Crippen molar-refractivity contribution in [3.8, 4) is 11.1 Å². The van der Waals surface area contributed by atoms with Gasteiger partial charge in [-0.15, -0.1) is 0 Å². The number of rotatable bonds is 4. The van der Waals surface area contributed by atoms with Gasteiger partial charge >= 0.3 is 0 Å². The summed E-state index contributed by atoms with van der Waals surface area (Å²) in [5.41, 5.74) is 2.93. The van der Waals surface area contributed by atoms with Crippen molar-refractivity contribution in [3.05, 3.63) is 53.1 Å². The van der Waals surface area contributed by atoms with Crippen molar-refractivity contribution in [2.24, 2.45) is 0 Å². The molecule has 25 heavy (non-hydrogen) atoms. The first kappa shape index (κ1) is 18.4. The summed E-state index contributed by atoms with van der Waals surface area (Å²) in [6.45, 7) is 1.94. The molecule has 0 saturated heterocycles. The Kier molecular flexibility index (Phi) is 5.49. The van der Waals surface area contributed by atoms with E-state index in [9.17, 15) is 13.5 Å². The van der Waals surface area contributed by atoms with Crippen LogP contribution in [0.25, 0.3) is 11.1 Å². The zero-order valence-corrected chi connectivity index (χ0v) is 15.6. The van der Waals surface area contributed by atoms with Gasteiger partial charge in [0.15, 0.2) is 0 Å². The van der Waals surface area contributed by atoms with E-state index in [1.54, 1.807) is 12.1 Å². The van der Waals surface area contributed by atoms with E-state index in [0.717, 1.165) is 16.7 Å². The summed E-state index contributed by atoms with van der Waals surface area (Å²) in [6, 6.07) is 12.5. The minimum absolute atomic E-state index is 0.105. The van der Waals surface area contributed by atoms with Crippen molar-refractivity contribution in [1.82, 2.24) is 4.72 Å². The first-order valence-electron chi connectivity index (χ1n) is 8.42. The highest BCUT2D eigenvalue weighted by Crippen LogP contribution is 2.26. The average Bonchev–Trinajstić information content (AvgIpc) is 2.59. The number of aryl methyl sites for hydroxylation is 1. The van der Waals surface area contributed by atoms with E-state index in [2.05, 4.69) is 4.72 Å². The molecule has 134 valence electrons. The van der Waals surface area contributed by atoms with Crippen LogP contribution in [-0.2, 0) is 10.0 Å². The Bertz CT molecular complexity index is 841. The average molecular weight is 380 g/mol. The molecule has 1 aliphatic rings. The molecule has 0 atom stereocenters. The number of sulfonamides is 1. The Hall–Kier alpha value is -1.40. The maximum Gasteiger partial charge on any atom is 0.240 e. The van der Waals surface area contributed by atoms with Crippen molar-refractivity contribution in [2.75, 3.05) is 0 Å². The van der Waals surface area contributed by atoms with Gasteiger partial charge in [-0.05, 0) is 73.6 Å². The number of aliphatic hydroxyl groups is 1. The highest BCUT2D eigenvalue weighted by Gasteiger charge is 2.24. The molecule has 0 aliphatic heterocycles. The fraction of sp³-hybridized carbons (Fsp3) is 0.368. The zero-order chi connectivity index (χ0) is 18.0. The fourth-order valence-corrected chi connectivity index (χ4v) is 4.55. The van der Waals surface area contributed by atoms with Crippen molar-refractivity contribution in [1.29, 1.82) is 0 Å². The number of hydrogen-bond acceptors (Lipinski definition) is 3. The second-order valence-corrected chi connectivity index (χ2v) is 8.74. The van der Waals surface area contributed by atoms with Crippen LogP contribution in [0.5, 0.6) is 0 Å². The Morgan fingerprint density at radius 1 is 1.00 bits per heavy atom. The molecule has 0 bridgehead atoms. The van der Waals surface area contributed by atoms with E-state index in [1.807, 2.05) is 37.3 Å². The van der Waals surface area contributed by atoms with Crippen LogP contribution in [0.1, 0.15) is 31.2 Å². The molecule has 4 nitrogen and oxygen atoms in total. The van der Waals surface area contributed by atoms with Gasteiger partial charge in [0.2, 0.25) is 10.0 Å². The first-order valence-corrected chi connectivity index (χ1v) is 10.3. The summed E-state index contributed by atoms with van der Waals surface area (Å²) in [5.74, 6) is 0. The third-order valence-electron chi connectivity index (χ3n) is 4.67. The number of hydrogen-bond donors (Lipinski definition) is 2. The molecule has 1 aliphatic carbocycles. The van der Waals surface area contributed by atoms with Gasteiger partial charge in [-0.2, -0.15) is 0 Å². The predicted octanol–water partition coefficient (Wildman–Crippen LogP) is 3.90. The van der Waals surface area contributed by atoms with Crippen LogP contribution in [0.15, 0.2) is 47.4 Å². The summed E-state index contributed by atoms with van der Waals surface area (Å²) >= 11 is 6.05. The van der Waals surface area contributed by atoms with Crippen LogP contribution in [-0.4, -0.2) is 25.7 Å². The van der Waals surface area contributed by atoms with Crippen LogP contribution in [0, 0.1) is 6.92 Å². The molecule has 0 radical (unpaired) electrons. The van der Waals surface area contributed by atoms with Crippen LogP contribution < -0.4 is 4.72 Å². The predicted molar refractivity (Wildman–Crippen MR) is 100 cm³/mol. The van der Waals surface area contributed by atoms with E-state index in [1.165, 1.54) is 0 Å². The Balaban J connectivity index is 1.75. The molecular weight excluding hydrogens is 358 g/mol. The van der Waals surface area contributed by atoms with E-state index >= 15 is 0 Å². The number of benzene rings is 2. The summed E-state index contributed by atoms with van der Waals surface area (Å²) in [4.78, 5) is 0.257.